The molecular formula is C8H6FN3O. The summed E-state index contributed by atoms with van der Waals surface area (Å²) >= 11 is 0. The van der Waals surface area contributed by atoms with Crippen molar-refractivity contribution >= 4 is 16.9 Å². The van der Waals surface area contributed by atoms with E-state index in [2.05, 4.69) is 9.97 Å². The molecule has 0 aliphatic rings. The van der Waals surface area contributed by atoms with E-state index in [4.69, 9.17) is 5.73 Å². The van der Waals surface area contributed by atoms with E-state index in [0.717, 1.165) is 6.07 Å². The Hall–Kier alpha value is -1.91. The lowest BCUT2D eigenvalue weighted by Gasteiger charge is -1.97. The zero-order valence-corrected chi connectivity index (χ0v) is 6.54. The van der Waals surface area contributed by atoms with Crippen molar-refractivity contribution in [2.75, 3.05) is 5.73 Å². The molecule has 1 aromatic heterocycles. The van der Waals surface area contributed by atoms with Crippen molar-refractivity contribution in [1.82, 2.24) is 9.97 Å². The molecule has 0 amide bonds. The fourth-order valence-corrected chi connectivity index (χ4v) is 1.13. The van der Waals surface area contributed by atoms with Crippen molar-refractivity contribution in [2.24, 2.45) is 0 Å². The average molecular weight is 179 g/mol. The van der Waals surface area contributed by atoms with E-state index in [1.54, 1.807) is 0 Å². The van der Waals surface area contributed by atoms with E-state index in [9.17, 15) is 9.18 Å². The predicted octanol–water partition coefficient (Wildman–Crippen LogP) is 0.644. The van der Waals surface area contributed by atoms with Crippen LogP contribution >= 0.6 is 0 Å². The lowest BCUT2D eigenvalue weighted by Crippen LogP contribution is -2.11. The van der Waals surface area contributed by atoms with Crippen LogP contribution in [0.3, 0.4) is 0 Å². The highest BCUT2D eigenvalue weighted by molar-refractivity contribution is 5.78. The van der Waals surface area contributed by atoms with Crippen LogP contribution in [-0.2, 0) is 0 Å². The standard InChI is InChI=1S/C8H6FN3O/c9-4-1-2-6-5(3-4)7(13)12-8(10)11-6/h1-3H,(H3,10,11,12,13). The lowest BCUT2D eigenvalue weighted by atomic mass is 10.2. The summed E-state index contributed by atoms with van der Waals surface area (Å²) in [6.07, 6.45) is 0. The number of anilines is 1. The molecule has 0 spiro atoms. The summed E-state index contributed by atoms with van der Waals surface area (Å²) in [6.45, 7) is 0. The average Bonchev–Trinajstić information content (AvgIpc) is 2.06. The number of nitrogen functional groups attached to an aromatic ring is 1. The molecule has 0 saturated heterocycles. The first-order valence-electron chi connectivity index (χ1n) is 3.62. The SMILES string of the molecule is Nc1nc2ccc(F)cc2c(=O)[nH]1. The molecule has 0 radical (unpaired) electrons. The molecule has 13 heavy (non-hydrogen) atoms. The molecule has 0 unspecified atom stereocenters. The number of hydrogen-bond acceptors (Lipinski definition) is 3. The third kappa shape index (κ3) is 1.24. The predicted molar refractivity (Wildman–Crippen MR) is 46.7 cm³/mol. The van der Waals surface area contributed by atoms with Crippen LogP contribution in [0.15, 0.2) is 23.0 Å². The van der Waals surface area contributed by atoms with Crippen molar-refractivity contribution in [3.05, 3.63) is 34.4 Å². The van der Waals surface area contributed by atoms with E-state index >= 15 is 0 Å². The number of aromatic amines is 1. The van der Waals surface area contributed by atoms with Gasteiger partial charge < -0.3 is 5.73 Å². The Bertz CT molecular complexity index is 520. The summed E-state index contributed by atoms with van der Waals surface area (Å²) in [4.78, 5) is 17.3. The largest absolute Gasteiger partial charge is 0.369 e. The van der Waals surface area contributed by atoms with Crippen molar-refractivity contribution in [2.45, 2.75) is 0 Å². The molecular weight excluding hydrogens is 173 g/mol. The third-order valence-corrected chi connectivity index (χ3v) is 1.69. The summed E-state index contributed by atoms with van der Waals surface area (Å²) in [6, 6.07) is 3.77. The fraction of sp³-hybridized carbons (Fsp3) is 0. The maximum Gasteiger partial charge on any atom is 0.260 e. The van der Waals surface area contributed by atoms with Crippen molar-refractivity contribution in [3.8, 4) is 0 Å². The first-order valence-corrected chi connectivity index (χ1v) is 3.62. The van der Waals surface area contributed by atoms with Gasteiger partial charge in [-0.2, -0.15) is 0 Å². The molecule has 66 valence electrons. The van der Waals surface area contributed by atoms with Gasteiger partial charge in [0.05, 0.1) is 10.9 Å². The van der Waals surface area contributed by atoms with Gasteiger partial charge in [0, 0.05) is 0 Å². The maximum absolute atomic E-state index is 12.7. The van der Waals surface area contributed by atoms with Crippen LogP contribution in [0.2, 0.25) is 0 Å². The molecule has 0 fully saturated rings. The van der Waals surface area contributed by atoms with Crippen LogP contribution in [0.4, 0.5) is 10.3 Å². The van der Waals surface area contributed by atoms with Crippen LogP contribution in [0.25, 0.3) is 10.9 Å². The smallest absolute Gasteiger partial charge is 0.260 e. The minimum Gasteiger partial charge on any atom is -0.369 e. The second kappa shape index (κ2) is 2.55. The second-order valence-electron chi connectivity index (χ2n) is 2.61. The number of nitrogens with two attached hydrogens (primary N) is 1. The first kappa shape index (κ1) is 7.72. The molecule has 0 bridgehead atoms. The molecule has 1 aromatic carbocycles. The summed E-state index contributed by atoms with van der Waals surface area (Å²) < 4.78 is 12.7. The highest BCUT2D eigenvalue weighted by atomic mass is 19.1. The third-order valence-electron chi connectivity index (χ3n) is 1.69. The zero-order valence-electron chi connectivity index (χ0n) is 6.54. The van der Waals surface area contributed by atoms with Gasteiger partial charge in [-0.05, 0) is 18.2 Å². The minimum atomic E-state index is -0.468. The number of rotatable bonds is 0. The van der Waals surface area contributed by atoms with Gasteiger partial charge in [0.2, 0.25) is 5.95 Å². The molecule has 0 saturated carbocycles. The number of aromatic nitrogens is 2. The summed E-state index contributed by atoms with van der Waals surface area (Å²) in [5.74, 6) is -0.436. The van der Waals surface area contributed by atoms with Gasteiger partial charge in [0.1, 0.15) is 5.82 Å². The number of hydrogen-bond donors (Lipinski definition) is 2. The second-order valence-corrected chi connectivity index (χ2v) is 2.61. The van der Waals surface area contributed by atoms with E-state index in [0.29, 0.717) is 5.52 Å². The summed E-state index contributed by atoms with van der Waals surface area (Å²) in [5, 5.41) is 0.203. The Kier molecular flexibility index (Phi) is 1.51. The number of nitrogens with zero attached hydrogens (tertiary/aromatic N) is 1. The van der Waals surface area contributed by atoms with Gasteiger partial charge in [0.25, 0.3) is 5.56 Å². The van der Waals surface area contributed by atoms with Gasteiger partial charge in [-0.1, -0.05) is 0 Å². The van der Waals surface area contributed by atoms with Crippen LogP contribution in [-0.4, -0.2) is 9.97 Å². The number of H-pyrrole nitrogens is 1. The van der Waals surface area contributed by atoms with Gasteiger partial charge in [-0.15, -0.1) is 0 Å². The molecule has 5 heteroatoms. The fourth-order valence-electron chi connectivity index (χ4n) is 1.13. The van der Waals surface area contributed by atoms with Crippen LogP contribution < -0.4 is 11.3 Å². The topological polar surface area (TPSA) is 71.8 Å². The molecule has 1 heterocycles. The molecule has 0 aliphatic carbocycles. The van der Waals surface area contributed by atoms with Gasteiger partial charge in [-0.25, -0.2) is 9.37 Å². The zero-order chi connectivity index (χ0) is 9.42. The summed E-state index contributed by atoms with van der Waals surface area (Å²) in [5.41, 5.74) is 5.26. The van der Waals surface area contributed by atoms with Crippen molar-refractivity contribution < 1.29 is 4.39 Å². The number of halogens is 1. The molecule has 0 aliphatic heterocycles. The Labute approximate surface area is 72.2 Å². The van der Waals surface area contributed by atoms with E-state index in [1.165, 1.54) is 12.1 Å². The monoisotopic (exact) mass is 179 g/mol. The number of benzene rings is 1. The highest BCUT2D eigenvalue weighted by Crippen LogP contribution is 2.08. The lowest BCUT2D eigenvalue weighted by molar-refractivity contribution is 0.629. The van der Waals surface area contributed by atoms with E-state index in [-0.39, 0.29) is 11.3 Å². The van der Waals surface area contributed by atoms with Gasteiger partial charge in [0.15, 0.2) is 0 Å². The van der Waals surface area contributed by atoms with Crippen molar-refractivity contribution in [1.29, 1.82) is 0 Å². The number of fused-ring (bicyclic) bond motifs is 1. The molecule has 4 nitrogen and oxygen atoms in total. The molecule has 3 N–H and O–H groups in total. The highest BCUT2D eigenvalue weighted by Gasteiger charge is 2.02. The van der Waals surface area contributed by atoms with Gasteiger partial charge >= 0.3 is 0 Å². The Morgan fingerprint density at radius 2 is 2.23 bits per heavy atom. The summed E-state index contributed by atoms with van der Waals surface area (Å²) in [7, 11) is 0. The van der Waals surface area contributed by atoms with Crippen LogP contribution in [0.1, 0.15) is 0 Å². The molecule has 2 aromatic rings. The molecule has 2 rings (SSSR count). The Morgan fingerprint density at radius 3 is 3.00 bits per heavy atom. The van der Waals surface area contributed by atoms with Crippen molar-refractivity contribution in [3.63, 3.8) is 0 Å². The van der Waals surface area contributed by atoms with E-state index < -0.39 is 11.4 Å². The van der Waals surface area contributed by atoms with E-state index in [1.807, 2.05) is 0 Å². The Balaban J connectivity index is 2.95. The minimum absolute atomic E-state index is 0.0316. The maximum atomic E-state index is 12.7. The molecule has 0 atom stereocenters. The van der Waals surface area contributed by atoms with Crippen LogP contribution in [0, 0.1) is 5.82 Å². The first-order chi connectivity index (χ1) is 6.16. The quantitative estimate of drug-likeness (QED) is 0.623. The van der Waals surface area contributed by atoms with Gasteiger partial charge in [-0.3, -0.25) is 9.78 Å². The Morgan fingerprint density at radius 1 is 1.46 bits per heavy atom. The normalized spacial score (nSPS) is 10.5. The number of nitrogens with one attached hydrogen (secondary N) is 1. The van der Waals surface area contributed by atoms with Crippen LogP contribution in [0.5, 0.6) is 0 Å².